The average molecular weight is 404 g/mol. The molecule has 0 radical (unpaired) electrons. The van der Waals surface area contributed by atoms with Crippen LogP contribution in [0.15, 0.2) is 22.5 Å². The minimum absolute atomic E-state index is 0.0998. The number of phenolic OH excluding ortho intramolecular Hbond substituents is 1. The normalized spacial score (nSPS) is 12.0. The van der Waals surface area contributed by atoms with Gasteiger partial charge in [0, 0.05) is 19.0 Å². The lowest BCUT2D eigenvalue weighted by atomic mass is 10.2. The quantitative estimate of drug-likeness (QED) is 0.507. The Morgan fingerprint density at radius 1 is 1.19 bits per heavy atom. The third-order valence-electron chi connectivity index (χ3n) is 3.47. The van der Waals surface area contributed by atoms with E-state index in [0.717, 1.165) is 22.3 Å². The molecule has 1 heterocycles. The molecule has 27 heavy (non-hydrogen) atoms. The summed E-state index contributed by atoms with van der Waals surface area (Å²) in [5.41, 5.74) is -0.159. The Balaban J connectivity index is 1.97. The molecule has 2 aromatic rings. The molecule has 1 aromatic heterocycles. The number of guanidine groups is 1. The van der Waals surface area contributed by atoms with E-state index in [1.54, 1.807) is 12.1 Å². The molecule has 11 heteroatoms. The smallest absolute Gasteiger partial charge is 0.434 e. The van der Waals surface area contributed by atoms with E-state index in [1.165, 1.54) is 21.3 Å². The van der Waals surface area contributed by atoms with Crippen LogP contribution in [0.4, 0.5) is 13.2 Å². The van der Waals surface area contributed by atoms with Crippen LogP contribution >= 0.6 is 11.3 Å². The molecule has 0 unspecified atom stereocenters. The van der Waals surface area contributed by atoms with Crippen molar-refractivity contribution in [3.05, 3.63) is 33.8 Å². The molecule has 0 fully saturated rings. The number of thiazole rings is 1. The van der Waals surface area contributed by atoms with Crippen molar-refractivity contribution in [1.29, 1.82) is 0 Å². The zero-order valence-electron chi connectivity index (χ0n) is 14.8. The molecule has 0 amide bonds. The number of aliphatic imine (C=N–C) groups is 1. The molecule has 0 saturated heterocycles. The van der Waals surface area contributed by atoms with Crippen LogP contribution in [0.25, 0.3) is 0 Å². The number of hydrogen-bond acceptors (Lipinski definition) is 6. The molecule has 1 aromatic carbocycles. The molecule has 3 N–H and O–H groups in total. The third kappa shape index (κ3) is 5.39. The van der Waals surface area contributed by atoms with E-state index in [2.05, 4.69) is 20.6 Å². The highest BCUT2D eigenvalue weighted by Gasteiger charge is 2.33. The molecule has 0 bridgehead atoms. The Morgan fingerprint density at radius 3 is 2.26 bits per heavy atom. The van der Waals surface area contributed by atoms with Gasteiger partial charge in [0.2, 0.25) is 5.75 Å². The monoisotopic (exact) mass is 404 g/mol. The summed E-state index contributed by atoms with van der Waals surface area (Å²) < 4.78 is 47.9. The van der Waals surface area contributed by atoms with Crippen molar-refractivity contribution < 1.29 is 27.8 Å². The van der Waals surface area contributed by atoms with Crippen LogP contribution in [0.5, 0.6) is 17.2 Å². The van der Waals surface area contributed by atoms with Crippen molar-refractivity contribution in [2.45, 2.75) is 19.3 Å². The Labute approximate surface area is 157 Å². The van der Waals surface area contributed by atoms with E-state index < -0.39 is 11.9 Å². The predicted octanol–water partition coefficient (Wildman–Crippen LogP) is 2.75. The summed E-state index contributed by atoms with van der Waals surface area (Å²) in [7, 11) is 4.39. The highest BCUT2D eigenvalue weighted by Crippen LogP contribution is 2.37. The Morgan fingerprint density at radius 2 is 1.78 bits per heavy atom. The highest BCUT2D eigenvalue weighted by molar-refractivity contribution is 7.09. The first kappa shape index (κ1) is 20.6. The Hall–Kier alpha value is -2.69. The molecule has 0 aliphatic carbocycles. The second-order valence-corrected chi connectivity index (χ2v) is 6.20. The number of phenols is 1. The minimum atomic E-state index is -4.45. The van der Waals surface area contributed by atoms with Crippen molar-refractivity contribution in [2.75, 3.05) is 21.3 Å². The molecule has 148 valence electrons. The number of ether oxygens (including phenoxy) is 2. The summed E-state index contributed by atoms with van der Waals surface area (Å²) in [6.07, 6.45) is -4.45. The minimum Gasteiger partial charge on any atom is -0.502 e. The van der Waals surface area contributed by atoms with E-state index in [0.29, 0.717) is 17.5 Å². The van der Waals surface area contributed by atoms with Gasteiger partial charge in [0.15, 0.2) is 23.2 Å². The van der Waals surface area contributed by atoms with Crippen molar-refractivity contribution in [2.24, 2.45) is 4.99 Å². The van der Waals surface area contributed by atoms with Crippen molar-refractivity contribution in [1.82, 2.24) is 15.6 Å². The van der Waals surface area contributed by atoms with Gasteiger partial charge in [0.1, 0.15) is 5.01 Å². The maximum absolute atomic E-state index is 12.6. The van der Waals surface area contributed by atoms with Gasteiger partial charge in [0.25, 0.3) is 0 Å². The fourth-order valence-corrected chi connectivity index (χ4v) is 2.88. The van der Waals surface area contributed by atoms with Gasteiger partial charge < -0.3 is 25.2 Å². The highest BCUT2D eigenvalue weighted by atomic mass is 32.1. The van der Waals surface area contributed by atoms with Gasteiger partial charge in [-0.25, -0.2) is 4.98 Å². The van der Waals surface area contributed by atoms with Crippen LogP contribution in [0.2, 0.25) is 0 Å². The number of aromatic hydroxyl groups is 1. The molecule has 0 aliphatic heterocycles. The van der Waals surface area contributed by atoms with Gasteiger partial charge in [0.05, 0.1) is 20.8 Å². The number of rotatable bonds is 6. The average Bonchev–Trinajstić information content (AvgIpc) is 3.12. The molecule has 0 spiro atoms. The van der Waals surface area contributed by atoms with E-state index in [4.69, 9.17) is 9.47 Å². The van der Waals surface area contributed by atoms with Gasteiger partial charge in [-0.2, -0.15) is 13.2 Å². The van der Waals surface area contributed by atoms with Crippen LogP contribution < -0.4 is 20.1 Å². The lowest BCUT2D eigenvalue weighted by Gasteiger charge is -2.14. The predicted molar refractivity (Wildman–Crippen MR) is 95.4 cm³/mol. The fraction of sp³-hybridized carbons (Fsp3) is 0.375. The Bertz CT molecular complexity index is 783. The van der Waals surface area contributed by atoms with Gasteiger partial charge in [-0.05, 0) is 17.7 Å². The lowest BCUT2D eigenvalue weighted by Crippen LogP contribution is -2.36. The molecule has 0 saturated carbocycles. The van der Waals surface area contributed by atoms with E-state index in [9.17, 15) is 18.3 Å². The van der Waals surface area contributed by atoms with E-state index in [1.807, 2.05) is 0 Å². The largest absolute Gasteiger partial charge is 0.502 e. The zero-order valence-corrected chi connectivity index (χ0v) is 15.7. The number of methoxy groups -OCH3 is 2. The van der Waals surface area contributed by atoms with Crippen LogP contribution in [0, 0.1) is 0 Å². The maximum Gasteiger partial charge on any atom is 0.434 e. The second-order valence-electron chi connectivity index (χ2n) is 5.25. The standard InChI is InChI=1S/C16H19F3N4O3S/c1-20-15(22-7-13-23-12(8-27-13)16(17,18)19)21-6-9-4-10(25-2)14(24)11(5-9)26-3/h4-5,8,24H,6-7H2,1-3H3,(H2,20,21,22). The summed E-state index contributed by atoms with van der Waals surface area (Å²) in [5.74, 6) is 0.799. The molecular formula is C16H19F3N4O3S. The molecule has 7 nitrogen and oxygen atoms in total. The number of nitrogens with one attached hydrogen (secondary N) is 2. The SMILES string of the molecule is CN=C(NCc1cc(OC)c(O)c(OC)c1)NCc1nc(C(F)(F)F)cs1. The van der Waals surface area contributed by atoms with E-state index in [-0.39, 0.29) is 23.8 Å². The maximum atomic E-state index is 12.6. The summed E-state index contributed by atoms with van der Waals surface area (Å²) in [4.78, 5) is 7.56. The van der Waals surface area contributed by atoms with Crippen LogP contribution in [-0.4, -0.2) is 37.3 Å². The third-order valence-corrected chi connectivity index (χ3v) is 4.32. The topological polar surface area (TPSA) is 88.0 Å². The lowest BCUT2D eigenvalue weighted by molar-refractivity contribution is -0.140. The van der Waals surface area contributed by atoms with Crippen LogP contribution in [0.3, 0.4) is 0 Å². The number of halogens is 3. The van der Waals surface area contributed by atoms with Gasteiger partial charge in [-0.3, -0.25) is 4.99 Å². The van der Waals surface area contributed by atoms with Gasteiger partial charge in [-0.1, -0.05) is 0 Å². The first-order valence-corrected chi connectivity index (χ1v) is 8.56. The fourth-order valence-electron chi connectivity index (χ4n) is 2.14. The second kappa shape index (κ2) is 8.80. The van der Waals surface area contributed by atoms with Gasteiger partial charge >= 0.3 is 6.18 Å². The molecular weight excluding hydrogens is 385 g/mol. The summed E-state index contributed by atoms with van der Waals surface area (Å²) in [6, 6.07) is 3.27. The van der Waals surface area contributed by atoms with Crippen molar-refractivity contribution in [3.63, 3.8) is 0 Å². The van der Waals surface area contributed by atoms with Crippen LogP contribution in [-0.2, 0) is 19.3 Å². The molecule has 0 atom stereocenters. The molecule has 0 aliphatic rings. The van der Waals surface area contributed by atoms with Gasteiger partial charge in [-0.15, -0.1) is 11.3 Å². The summed E-state index contributed by atoms with van der Waals surface area (Å²) in [5, 5.41) is 17.1. The number of aromatic nitrogens is 1. The van der Waals surface area contributed by atoms with Crippen molar-refractivity contribution in [3.8, 4) is 17.2 Å². The number of nitrogens with zero attached hydrogens (tertiary/aromatic N) is 2. The molecule has 2 rings (SSSR count). The number of hydrogen-bond donors (Lipinski definition) is 3. The van der Waals surface area contributed by atoms with E-state index >= 15 is 0 Å². The summed E-state index contributed by atoms with van der Waals surface area (Å²) >= 11 is 0.918. The first-order valence-electron chi connectivity index (χ1n) is 7.68. The Kier molecular flexibility index (Phi) is 6.72. The van der Waals surface area contributed by atoms with Crippen molar-refractivity contribution >= 4 is 17.3 Å². The number of alkyl halides is 3. The first-order chi connectivity index (χ1) is 12.8. The zero-order chi connectivity index (χ0) is 20.0. The summed E-state index contributed by atoms with van der Waals surface area (Å²) in [6.45, 7) is 0.418. The van der Waals surface area contributed by atoms with Crippen LogP contribution in [0.1, 0.15) is 16.3 Å². The number of benzene rings is 1.